The number of nitrogens with zero attached hydrogens (tertiary/aromatic N) is 3. The van der Waals surface area contributed by atoms with Crippen LogP contribution in [0.5, 0.6) is 0 Å². The summed E-state index contributed by atoms with van der Waals surface area (Å²) in [4.78, 5) is 4.19. The van der Waals surface area contributed by atoms with E-state index in [4.69, 9.17) is 0 Å². The average molecular weight is 229 g/mol. The molecule has 1 N–H and O–H groups in total. The molecule has 3 rings (SSSR count). The Kier molecular flexibility index (Phi) is 2.26. The zero-order valence-electron chi connectivity index (χ0n) is 9.80. The van der Waals surface area contributed by atoms with Gasteiger partial charge in [0.2, 0.25) is 0 Å². The van der Waals surface area contributed by atoms with E-state index < -0.39 is 5.60 Å². The van der Waals surface area contributed by atoms with E-state index in [1.54, 1.807) is 4.68 Å². The summed E-state index contributed by atoms with van der Waals surface area (Å²) in [5.41, 5.74) is 1.51. The molecule has 0 bridgehead atoms. The van der Waals surface area contributed by atoms with Crippen LogP contribution < -0.4 is 0 Å². The standard InChI is InChI=1S/C13H15N3O/c1-16-12(14-9-15-16)8-13(17)7-6-10-4-2-3-5-11(10)13/h2-5,9,17H,6-8H2,1H3. The molecule has 0 saturated heterocycles. The summed E-state index contributed by atoms with van der Waals surface area (Å²) in [7, 11) is 1.85. The molecule has 4 heteroatoms. The molecule has 4 nitrogen and oxygen atoms in total. The summed E-state index contributed by atoms with van der Waals surface area (Å²) in [6.07, 6.45) is 3.75. The van der Waals surface area contributed by atoms with Crippen LogP contribution >= 0.6 is 0 Å². The molecule has 1 heterocycles. The third kappa shape index (κ3) is 1.65. The van der Waals surface area contributed by atoms with Gasteiger partial charge in [-0.05, 0) is 24.0 Å². The van der Waals surface area contributed by atoms with Gasteiger partial charge in [0, 0.05) is 13.5 Å². The highest BCUT2D eigenvalue weighted by molar-refractivity contribution is 5.37. The summed E-state index contributed by atoms with van der Waals surface area (Å²) >= 11 is 0. The Morgan fingerprint density at radius 2 is 2.24 bits per heavy atom. The zero-order chi connectivity index (χ0) is 11.9. The van der Waals surface area contributed by atoms with Crippen molar-refractivity contribution >= 4 is 0 Å². The van der Waals surface area contributed by atoms with Gasteiger partial charge in [0.05, 0.1) is 5.60 Å². The quantitative estimate of drug-likeness (QED) is 0.841. The number of hydrogen-bond acceptors (Lipinski definition) is 3. The Labute approximate surface area is 99.9 Å². The average Bonchev–Trinajstić information content (AvgIpc) is 2.87. The minimum absolute atomic E-state index is 0.528. The molecule has 17 heavy (non-hydrogen) atoms. The Balaban J connectivity index is 1.96. The summed E-state index contributed by atoms with van der Waals surface area (Å²) in [6.45, 7) is 0. The van der Waals surface area contributed by atoms with Gasteiger partial charge in [-0.1, -0.05) is 24.3 Å². The smallest absolute Gasteiger partial charge is 0.138 e. The Morgan fingerprint density at radius 3 is 3.00 bits per heavy atom. The van der Waals surface area contributed by atoms with Gasteiger partial charge in [0.25, 0.3) is 0 Å². The number of aliphatic hydroxyl groups is 1. The van der Waals surface area contributed by atoms with Crippen LogP contribution in [0.25, 0.3) is 0 Å². The Bertz CT molecular complexity index is 549. The molecule has 0 radical (unpaired) electrons. The highest BCUT2D eigenvalue weighted by Gasteiger charge is 2.37. The maximum absolute atomic E-state index is 10.8. The monoisotopic (exact) mass is 229 g/mol. The fourth-order valence-electron chi connectivity index (χ4n) is 2.59. The summed E-state index contributed by atoms with van der Waals surface area (Å²) in [5.74, 6) is 0.823. The van der Waals surface area contributed by atoms with E-state index >= 15 is 0 Å². The number of aromatic nitrogens is 3. The number of benzene rings is 1. The molecule has 1 aromatic heterocycles. The van der Waals surface area contributed by atoms with E-state index in [2.05, 4.69) is 16.1 Å². The van der Waals surface area contributed by atoms with Gasteiger partial charge in [0.1, 0.15) is 12.2 Å². The van der Waals surface area contributed by atoms with Crippen molar-refractivity contribution in [3.8, 4) is 0 Å². The van der Waals surface area contributed by atoms with Crippen LogP contribution in [-0.2, 0) is 25.5 Å². The third-order valence-corrected chi connectivity index (χ3v) is 3.58. The fourth-order valence-corrected chi connectivity index (χ4v) is 2.59. The molecule has 2 aromatic rings. The minimum atomic E-state index is -0.780. The fraction of sp³-hybridized carbons (Fsp3) is 0.385. The first-order valence-corrected chi connectivity index (χ1v) is 5.83. The first kappa shape index (κ1) is 10.5. The van der Waals surface area contributed by atoms with Crippen molar-refractivity contribution in [2.75, 3.05) is 0 Å². The number of rotatable bonds is 2. The topological polar surface area (TPSA) is 50.9 Å². The van der Waals surface area contributed by atoms with Gasteiger partial charge in [-0.2, -0.15) is 5.10 Å². The first-order chi connectivity index (χ1) is 8.19. The van der Waals surface area contributed by atoms with Crippen molar-refractivity contribution in [1.29, 1.82) is 0 Å². The number of fused-ring (bicyclic) bond motifs is 1. The highest BCUT2D eigenvalue weighted by Crippen LogP contribution is 2.38. The lowest BCUT2D eigenvalue weighted by Crippen LogP contribution is -2.27. The minimum Gasteiger partial charge on any atom is -0.385 e. The van der Waals surface area contributed by atoms with Crippen molar-refractivity contribution in [1.82, 2.24) is 14.8 Å². The molecule has 1 aromatic carbocycles. The second kappa shape index (κ2) is 3.67. The van der Waals surface area contributed by atoms with Gasteiger partial charge < -0.3 is 5.11 Å². The lowest BCUT2D eigenvalue weighted by atomic mass is 9.92. The van der Waals surface area contributed by atoms with Crippen LogP contribution in [0.2, 0.25) is 0 Å². The van der Waals surface area contributed by atoms with Crippen LogP contribution in [0.3, 0.4) is 0 Å². The van der Waals surface area contributed by atoms with E-state index in [1.165, 1.54) is 11.9 Å². The summed E-state index contributed by atoms with van der Waals surface area (Å²) in [5, 5.41) is 14.8. The van der Waals surface area contributed by atoms with Crippen LogP contribution in [0.15, 0.2) is 30.6 Å². The van der Waals surface area contributed by atoms with Crippen LogP contribution in [0.4, 0.5) is 0 Å². The van der Waals surface area contributed by atoms with Crippen molar-refractivity contribution < 1.29 is 5.11 Å². The predicted octanol–water partition coefficient (Wildman–Crippen LogP) is 1.19. The largest absolute Gasteiger partial charge is 0.385 e. The van der Waals surface area contributed by atoms with Crippen LogP contribution in [0.1, 0.15) is 23.4 Å². The Morgan fingerprint density at radius 1 is 1.41 bits per heavy atom. The number of aryl methyl sites for hydroxylation is 2. The lowest BCUT2D eigenvalue weighted by Gasteiger charge is -2.23. The third-order valence-electron chi connectivity index (χ3n) is 3.58. The van der Waals surface area contributed by atoms with Crippen molar-refractivity contribution in [3.63, 3.8) is 0 Å². The Hall–Kier alpha value is -1.68. The molecule has 0 aliphatic heterocycles. The zero-order valence-corrected chi connectivity index (χ0v) is 9.80. The van der Waals surface area contributed by atoms with Crippen molar-refractivity contribution in [2.45, 2.75) is 24.9 Å². The SMILES string of the molecule is Cn1ncnc1CC1(O)CCc2ccccc21. The van der Waals surface area contributed by atoms with Crippen LogP contribution in [-0.4, -0.2) is 19.9 Å². The van der Waals surface area contributed by atoms with E-state index in [9.17, 15) is 5.11 Å². The van der Waals surface area contributed by atoms with Gasteiger partial charge >= 0.3 is 0 Å². The molecule has 0 fully saturated rings. The summed E-state index contributed by atoms with van der Waals surface area (Å²) in [6, 6.07) is 8.10. The van der Waals surface area contributed by atoms with Gasteiger partial charge in [-0.15, -0.1) is 0 Å². The van der Waals surface area contributed by atoms with E-state index in [0.717, 1.165) is 24.2 Å². The van der Waals surface area contributed by atoms with Crippen molar-refractivity contribution in [3.05, 3.63) is 47.5 Å². The van der Waals surface area contributed by atoms with Crippen LogP contribution in [0, 0.1) is 0 Å². The molecule has 1 unspecified atom stereocenters. The number of hydrogen-bond donors (Lipinski definition) is 1. The van der Waals surface area contributed by atoms with Gasteiger partial charge in [0.15, 0.2) is 0 Å². The van der Waals surface area contributed by atoms with Gasteiger partial charge in [-0.3, -0.25) is 4.68 Å². The maximum Gasteiger partial charge on any atom is 0.138 e. The molecule has 1 atom stereocenters. The predicted molar refractivity (Wildman–Crippen MR) is 63.4 cm³/mol. The molecule has 88 valence electrons. The van der Waals surface area contributed by atoms with Crippen molar-refractivity contribution in [2.24, 2.45) is 7.05 Å². The normalized spacial score (nSPS) is 22.7. The second-order valence-corrected chi connectivity index (χ2v) is 4.67. The highest BCUT2D eigenvalue weighted by atomic mass is 16.3. The van der Waals surface area contributed by atoms with Gasteiger partial charge in [-0.25, -0.2) is 4.98 Å². The molecule has 0 amide bonds. The molecule has 1 aliphatic carbocycles. The second-order valence-electron chi connectivity index (χ2n) is 4.67. The molecular formula is C13H15N3O. The van der Waals surface area contributed by atoms with E-state index in [-0.39, 0.29) is 0 Å². The molecule has 0 saturated carbocycles. The van der Waals surface area contributed by atoms with E-state index in [1.807, 2.05) is 25.2 Å². The van der Waals surface area contributed by atoms with E-state index in [0.29, 0.717) is 6.42 Å². The molecular weight excluding hydrogens is 214 g/mol. The first-order valence-electron chi connectivity index (χ1n) is 5.83. The molecule has 0 spiro atoms. The lowest BCUT2D eigenvalue weighted by molar-refractivity contribution is 0.0360. The summed E-state index contributed by atoms with van der Waals surface area (Å²) < 4.78 is 1.72. The molecule has 1 aliphatic rings. The maximum atomic E-state index is 10.8.